The molecule has 0 radical (unpaired) electrons. The van der Waals surface area contributed by atoms with Gasteiger partial charge in [0.2, 0.25) is 0 Å². The summed E-state index contributed by atoms with van der Waals surface area (Å²) in [7, 11) is 1.86. The van der Waals surface area contributed by atoms with Gasteiger partial charge in [-0.2, -0.15) is 0 Å². The molecule has 1 aliphatic heterocycles. The van der Waals surface area contributed by atoms with E-state index < -0.39 is 0 Å². The average Bonchev–Trinajstić information content (AvgIpc) is 3.19. The molecule has 0 saturated heterocycles. The number of hydrogen-bond acceptors (Lipinski definition) is 3. The van der Waals surface area contributed by atoms with Crippen LogP contribution in [0.15, 0.2) is 65.6 Å². The molecule has 0 fully saturated rings. The van der Waals surface area contributed by atoms with Gasteiger partial charge in [0, 0.05) is 67.0 Å². The molecule has 156 valence electrons. The van der Waals surface area contributed by atoms with Gasteiger partial charge in [-0.25, -0.2) is 0 Å². The van der Waals surface area contributed by atoms with Gasteiger partial charge in [-0.1, -0.05) is 36.4 Å². The minimum absolute atomic E-state index is 0.00142. The zero-order valence-corrected chi connectivity index (χ0v) is 17.8. The second kappa shape index (κ2) is 7.67. The maximum absolute atomic E-state index is 13.1. The number of nitrogens with zero attached hydrogens (tertiary/aromatic N) is 2. The number of pyridine rings is 1. The molecule has 3 heterocycles. The van der Waals surface area contributed by atoms with Crippen molar-refractivity contribution in [2.45, 2.75) is 26.4 Å². The molecule has 0 atom stereocenters. The minimum Gasteiger partial charge on any atom is -0.361 e. The predicted molar refractivity (Wildman–Crippen MR) is 123 cm³/mol. The number of nitrogens with one attached hydrogen (secondary N) is 1. The van der Waals surface area contributed by atoms with E-state index in [2.05, 4.69) is 34.3 Å². The Kier molecular flexibility index (Phi) is 4.83. The quantitative estimate of drug-likeness (QED) is 0.510. The van der Waals surface area contributed by atoms with Crippen molar-refractivity contribution in [2.75, 3.05) is 6.54 Å². The van der Waals surface area contributed by atoms with E-state index in [0.29, 0.717) is 11.1 Å². The fourth-order valence-electron chi connectivity index (χ4n) is 4.64. The van der Waals surface area contributed by atoms with Gasteiger partial charge in [0.15, 0.2) is 5.78 Å². The van der Waals surface area contributed by atoms with Gasteiger partial charge < -0.3 is 9.55 Å². The lowest BCUT2D eigenvalue weighted by Gasteiger charge is -2.30. The number of fused-ring (bicyclic) bond motifs is 2. The number of carbonyl (C=O) groups is 1. The Morgan fingerprint density at radius 1 is 1.10 bits per heavy atom. The summed E-state index contributed by atoms with van der Waals surface area (Å²) in [6, 6.07) is 17.8. The lowest BCUT2D eigenvalue weighted by atomic mass is 9.97. The standard InChI is InChI=1S/C26H25N3O2/c1-17(30)18-6-5-7-19(12-18)23-13-20-15-29(11-10-25(20)28(2)26(23)31)16-21-14-27-24-9-4-3-8-22(21)24/h3-9,12-14,27H,10-11,15-16H2,1-2H3. The third-order valence-corrected chi connectivity index (χ3v) is 6.34. The molecule has 0 unspecified atom stereocenters. The monoisotopic (exact) mass is 411 g/mol. The first-order valence-corrected chi connectivity index (χ1v) is 10.6. The zero-order valence-electron chi connectivity index (χ0n) is 17.8. The lowest BCUT2D eigenvalue weighted by Crippen LogP contribution is -2.35. The molecule has 5 heteroatoms. The van der Waals surface area contributed by atoms with Crippen molar-refractivity contribution < 1.29 is 4.79 Å². The summed E-state index contributed by atoms with van der Waals surface area (Å²) < 4.78 is 1.79. The van der Waals surface area contributed by atoms with Gasteiger partial charge in [-0.3, -0.25) is 14.5 Å². The van der Waals surface area contributed by atoms with Gasteiger partial charge in [0.1, 0.15) is 0 Å². The highest BCUT2D eigenvalue weighted by atomic mass is 16.1. The molecule has 5 rings (SSSR count). The molecular formula is C26H25N3O2. The summed E-state index contributed by atoms with van der Waals surface area (Å²) in [4.78, 5) is 30.7. The smallest absolute Gasteiger partial charge is 0.258 e. The van der Waals surface area contributed by atoms with Crippen LogP contribution in [0.25, 0.3) is 22.0 Å². The fraction of sp³-hybridized carbons (Fsp3) is 0.231. The molecular weight excluding hydrogens is 386 g/mol. The maximum Gasteiger partial charge on any atom is 0.258 e. The van der Waals surface area contributed by atoms with Gasteiger partial charge in [0.25, 0.3) is 5.56 Å². The Morgan fingerprint density at radius 3 is 2.77 bits per heavy atom. The van der Waals surface area contributed by atoms with E-state index in [4.69, 9.17) is 0 Å². The number of aromatic amines is 1. The van der Waals surface area contributed by atoms with E-state index >= 15 is 0 Å². The average molecular weight is 412 g/mol. The van der Waals surface area contributed by atoms with Crippen LogP contribution in [-0.4, -0.2) is 26.8 Å². The summed E-state index contributed by atoms with van der Waals surface area (Å²) in [6.07, 6.45) is 2.94. The summed E-state index contributed by atoms with van der Waals surface area (Å²) in [5.74, 6) is 0.00142. The van der Waals surface area contributed by atoms with Crippen LogP contribution in [0.2, 0.25) is 0 Å². The number of ketones is 1. The van der Waals surface area contributed by atoms with Crippen LogP contribution in [0, 0.1) is 0 Å². The first kappa shape index (κ1) is 19.5. The van der Waals surface area contributed by atoms with Crippen LogP contribution < -0.4 is 5.56 Å². The predicted octanol–water partition coefficient (Wildman–Crippen LogP) is 4.29. The molecule has 0 amide bonds. The Morgan fingerprint density at radius 2 is 1.94 bits per heavy atom. The first-order chi connectivity index (χ1) is 15.0. The topological polar surface area (TPSA) is 58.1 Å². The molecule has 0 saturated carbocycles. The SMILES string of the molecule is CC(=O)c1cccc(-c2cc3c(n(C)c2=O)CCN(Cc2c[nH]c4ccccc24)C3)c1. The zero-order chi connectivity index (χ0) is 21.5. The van der Waals surface area contributed by atoms with Gasteiger partial charge in [0.05, 0.1) is 0 Å². The minimum atomic E-state index is -0.00969. The Hall–Kier alpha value is -3.44. The van der Waals surface area contributed by atoms with Crippen LogP contribution in [0.4, 0.5) is 0 Å². The van der Waals surface area contributed by atoms with Crippen molar-refractivity contribution >= 4 is 16.7 Å². The van der Waals surface area contributed by atoms with Crippen LogP contribution in [0.1, 0.15) is 34.1 Å². The summed E-state index contributed by atoms with van der Waals surface area (Å²) >= 11 is 0. The highest BCUT2D eigenvalue weighted by molar-refractivity contribution is 5.95. The molecule has 1 aliphatic rings. The number of hydrogen-bond donors (Lipinski definition) is 1. The molecule has 0 bridgehead atoms. The number of H-pyrrole nitrogens is 1. The van der Waals surface area contributed by atoms with Gasteiger partial charge in [-0.05, 0) is 41.8 Å². The van der Waals surface area contributed by atoms with Gasteiger partial charge >= 0.3 is 0 Å². The first-order valence-electron chi connectivity index (χ1n) is 10.6. The summed E-state index contributed by atoms with van der Waals surface area (Å²) in [6.45, 7) is 4.12. The second-order valence-corrected chi connectivity index (χ2v) is 8.35. The second-order valence-electron chi connectivity index (χ2n) is 8.35. The van der Waals surface area contributed by atoms with E-state index in [1.807, 2.05) is 37.4 Å². The Bertz CT molecular complexity index is 1360. The van der Waals surface area contributed by atoms with Crippen LogP contribution in [-0.2, 0) is 26.6 Å². The summed E-state index contributed by atoms with van der Waals surface area (Å²) in [5.41, 5.74) is 6.79. The molecule has 4 aromatic rings. The molecule has 0 spiro atoms. The van der Waals surface area contributed by atoms with E-state index in [9.17, 15) is 9.59 Å². The third kappa shape index (κ3) is 3.51. The van der Waals surface area contributed by atoms with Crippen molar-refractivity contribution in [3.63, 3.8) is 0 Å². The number of Topliss-reactive ketones (excluding diaryl/α,β-unsaturated/α-hetero) is 1. The molecule has 31 heavy (non-hydrogen) atoms. The van der Waals surface area contributed by atoms with E-state index in [-0.39, 0.29) is 11.3 Å². The maximum atomic E-state index is 13.1. The fourth-order valence-corrected chi connectivity index (χ4v) is 4.64. The third-order valence-electron chi connectivity index (χ3n) is 6.34. The largest absolute Gasteiger partial charge is 0.361 e. The number of rotatable bonds is 4. The Balaban J connectivity index is 1.49. The highest BCUT2D eigenvalue weighted by Gasteiger charge is 2.22. The molecule has 5 nitrogen and oxygen atoms in total. The molecule has 2 aromatic heterocycles. The van der Waals surface area contributed by atoms with E-state index in [0.717, 1.165) is 42.8 Å². The Labute approximate surface area is 180 Å². The molecule has 1 N–H and O–H groups in total. The van der Waals surface area contributed by atoms with Crippen molar-refractivity contribution in [1.82, 2.24) is 14.5 Å². The van der Waals surface area contributed by atoms with E-state index in [1.165, 1.54) is 16.5 Å². The number of benzene rings is 2. The van der Waals surface area contributed by atoms with Crippen LogP contribution in [0.5, 0.6) is 0 Å². The highest BCUT2D eigenvalue weighted by Crippen LogP contribution is 2.26. The van der Waals surface area contributed by atoms with E-state index in [1.54, 1.807) is 17.6 Å². The number of carbonyl (C=O) groups excluding carboxylic acids is 1. The van der Waals surface area contributed by atoms with Crippen LogP contribution in [0.3, 0.4) is 0 Å². The molecule has 0 aliphatic carbocycles. The van der Waals surface area contributed by atoms with Crippen molar-refractivity contribution in [3.05, 3.63) is 93.5 Å². The van der Waals surface area contributed by atoms with Crippen LogP contribution >= 0.6 is 0 Å². The van der Waals surface area contributed by atoms with Crippen molar-refractivity contribution in [3.8, 4) is 11.1 Å². The number of aromatic nitrogens is 2. The van der Waals surface area contributed by atoms with Crippen molar-refractivity contribution in [1.29, 1.82) is 0 Å². The summed E-state index contributed by atoms with van der Waals surface area (Å²) in [5, 5.41) is 1.26. The molecule has 2 aromatic carbocycles. The normalized spacial score (nSPS) is 14.0. The lowest BCUT2D eigenvalue weighted by molar-refractivity contribution is 0.101. The van der Waals surface area contributed by atoms with Gasteiger partial charge in [-0.15, -0.1) is 0 Å². The van der Waals surface area contributed by atoms with Crippen molar-refractivity contribution in [2.24, 2.45) is 7.05 Å². The number of para-hydroxylation sites is 1.